The van der Waals surface area contributed by atoms with Crippen LogP contribution in [0.4, 0.5) is 0 Å². The van der Waals surface area contributed by atoms with Crippen molar-refractivity contribution in [1.82, 2.24) is 0 Å². The van der Waals surface area contributed by atoms with Gasteiger partial charge in [-0.2, -0.15) is 0 Å². The standard InChI is InChI=1S/C21H33N3/c1-16(8-6-9-17(2)13-15-24-20(22)23)11-12-19-18(3)10-7-14-21(19,4)5/h6,8-9,11-13H,7,10,14-15H2,1-5H3,(H4,22,23,24)/b9-6+,12-11+,16-8+,17-13+. The average Bonchev–Trinajstić information content (AvgIpc) is 2.45. The largest absolute Gasteiger partial charge is 0.370 e. The number of aliphatic imine (C=N–C) groups is 1. The summed E-state index contributed by atoms with van der Waals surface area (Å²) in [6.45, 7) is 11.6. The second-order valence-electron chi connectivity index (χ2n) is 7.25. The van der Waals surface area contributed by atoms with E-state index in [0.717, 1.165) is 5.57 Å². The number of guanidine groups is 1. The molecule has 0 amide bonds. The molecule has 1 rings (SSSR count). The number of nitrogens with two attached hydrogens (primary N) is 2. The van der Waals surface area contributed by atoms with Gasteiger partial charge in [-0.3, -0.25) is 0 Å². The van der Waals surface area contributed by atoms with Crippen molar-refractivity contribution < 1.29 is 0 Å². The third-order valence-corrected chi connectivity index (χ3v) is 4.46. The van der Waals surface area contributed by atoms with Gasteiger partial charge in [-0.1, -0.05) is 67.0 Å². The van der Waals surface area contributed by atoms with Crippen molar-refractivity contribution in [1.29, 1.82) is 0 Å². The molecule has 3 nitrogen and oxygen atoms in total. The van der Waals surface area contributed by atoms with Crippen LogP contribution in [-0.4, -0.2) is 12.5 Å². The Bertz CT molecular complexity index is 607. The quantitative estimate of drug-likeness (QED) is 0.418. The van der Waals surface area contributed by atoms with Crippen LogP contribution in [0.1, 0.15) is 53.9 Å². The van der Waals surface area contributed by atoms with Gasteiger partial charge in [-0.15, -0.1) is 0 Å². The molecule has 0 heterocycles. The predicted molar refractivity (Wildman–Crippen MR) is 107 cm³/mol. The van der Waals surface area contributed by atoms with E-state index in [1.165, 1.54) is 36.0 Å². The summed E-state index contributed by atoms with van der Waals surface area (Å²) in [5, 5.41) is 0. The van der Waals surface area contributed by atoms with Crippen LogP contribution in [0.25, 0.3) is 0 Å². The van der Waals surface area contributed by atoms with E-state index < -0.39 is 0 Å². The van der Waals surface area contributed by atoms with Crippen LogP contribution in [0.15, 0.2) is 63.7 Å². The monoisotopic (exact) mass is 327 g/mol. The van der Waals surface area contributed by atoms with Gasteiger partial charge in [0.2, 0.25) is 0 Å². The van der Waals surface area contributed by atoms with Crippen LogP contribution >= 0.6 is 0 Å². The minimum Gasteiger partial charge on any atom is -0.370 e. The molecule has 0 aromatic carbocycles. The second-order valence-corrected chi connectivity index (χ2v) is 7.25. The molecule has 0 aromatic heterocycles. The van der Waals surface area contributed by atoms with Crippen molar-refractivity contribution in [2.45, 2.75) is 53.9 Å². The molecule has 0 spiro atoms. The van der Waals surface area contributed by atoms with Crippen LogP contribution in [0.2, 0.25) is 0 Å². The first-order valence-corrected chi connectivity index (χ1v) is 8.68. The van der Waals surface area contributed by atoms with Crippen LogP contribution in [0, 0.1) is 5.41 Å². The maximum Gasteiger partial charge on any atom is 0.186 e. The normalized spacial score (nSPS) is 19.4. The molecule has 0 radical (unpaired) electrons. The van der Waals surface area contributed by atoms with Crippen LogP contribution in [-0.2, 0) is 0 Å². The highest BCUT2D eigenvalue weighted by Crippen LogP contribution is 2.40. The average molecular weight is 328 g/mol. The maximum absolute atomic E-state index is 5.30. The molecule has 0 aromatic rings. The van der Waals surface area contributed by atoms with E-state index in [9.17, 15) is 0 Å². The summed E-state index contributed by atoms with van der Waals surface area (Å²) < 4.78 is 0. The summed E-state index contributed by atoms with van der Waals surface area (Å²) in [5.41, 5.74) is 16.3. The molecule has 1 aliphatic rings. The van der Waals surface area contributed by atoms with Crippen LogP contribution in [0.3, 0.4) is 0 Å². The molecule has 4 N–H and O–H groups in total. The molecule has 0 saturated heterocycles. The van der Waals surface area contributed by atoms with E-state index in [1.54, 1.807) is 0 Å². The summed E-state index contributed by atoms with van der Waals surface area (Å²) in [6.07, 6.45) is 16.6. The van der Waals surface area contributed by atoms with Crippen molar-refractivity contribution in [2.24, 2.45) is 21.9 Å². The van der Waals surface area contributed by atoms with Gasteiger partial charge in [0.05, 0.1) is 6.54 Å². The van der Waals surface area contributed by atoms with E-state index >= 15 is 0 Å². The Labute approximate surface area is 147 Å². The summed E-state index contributed by atoms with van der Waals surface area (Å²) >= 11 is 0. The molecule has 3 heteroatoms. The minimum atomic E-state index is 0.124. The Morgan fingerprint density at radius 1 is 1.17 bits per heavy atom. The van der Waals surface area contributed by atoms with E-state index in [0.29, 0.717) is 12.0 Å². The molecule has 0 bridgehead atoms. The number of allylic oxidation sites excluding steroid dienone is 9. The van der Waals surface area contributed by atoms with E-state index in [-0.39, 0.29) is 5.96 Å². The van der Waals surface area contributed by atoms with Crippen molar-refractivity contribution in [3.8, 4) is 0 Å². The highest BCUT2D eigenvalue weighted by atomic mass is 15.0. The fraction of sp³-hybridized carbons (Fsp3) is 0.476. The summed E-state index contributed by atoms with van der Waals surface area (Å²) in [5.74, 6) is 0.124. The SMILES string of the molecule is CC1=C(/C=C/C(C)=C/C=C/C(C)=C/CN=C(N)N)C(C)(C)CCC1. The van der Waals surface area contributed by atoms with Crippen molar-refractivity contribution in [3.63, 3.8) is 0 Å². The van der Waals surface area contributed by atoms with Gasteiger partial charge in [-0.05, 0) is 51.0 Å². The minimum absolute atomic E-state index is 0.124. The number of rotatable bonds is 6. The molecule has 1 aliphatic carbocycles. The zero-order valence-electron chi connectivity index (χ0n) is 15.9. The molecule has 0 unspecified atom stereocenters. The predicted octanol–water partition coefficient (Wildman–Crippen LogP) is 4.79. The molecule has 0 aliphatic heterocycles. The number of hydrogen-bond donors (Lipinski definition) is 2. The van der Waals surface area contributed by atoms with Gasteiger partial charge >= 0.3 is 0 Å². The first-order valence-electron chi connectivity index (χ1n) is 8.68. The Kier molecular flexibility index (Phi) is 7.76. The lowest BCUT2D eigenvalue weighted by Crippen LogP contribution is -2.22. The van der Waals surface area contributed by atoms with Gasteiger partial charge in [0, 0.05) is 0 Å². The molecule has 132 valence electrons. The van der Waals surface area contributed by atoms with Gasteiger partial charge in [-0.25, -0.2) is 4.99 Å². The van der Waals surface area contributed by atoms with Crippen LogP contribution in [0.5, 0.6) is 0 Å². The van der Waals surface area contributed by atoms with E-state index in [4.69, 9.17) is 11.5 Å². The maximum atomic E-state index is 5.30. The summed E-state index contributed by atoms with van der Waals surface area (Å²) in [4.78, 5) is 3.94. The lowest BCUT2D eigenvalue weighted by Gasteiger charge is -2.32. The zero-order valence-corrected chi connectivity index (χ0v) is 15.9. The topological polar surface area (TPSA) is 64.4 Å². The smallest absolute Gasteiger partial charge is 0.186 e. The Hall–Kier alpha value is -2.03. The number of nitrogens with zero attached hydrogens (tertiary/aromatic N) is 1. The van der Waals surface area contributed by atoms with Crippen molar-refractivity contribution >= 4 is 5.96 Å². The van der Waals surface area contributed by atoms with Gasteiger partial charge < -0.3 is 11.5 Å². The summed E-state index contributed by atoms with van der Waals surface area (Å²) in [7, 11) is 0. The molecular weight excluding hydrogens is 294 g/mol. The lowest BCUT2D eigenvalue weighted by molar-refractivity contribution is 0.377. The van der Waals surface area contributed by atoms with E-state index in [2.05, 4.69) is 63.1 Å². The van der Waals surface area contributed by atoms with Gasteiger partial charge in [0.15, 0.2) is 5.96 Å². The Morgan fingerprint density at radius 2 is 1.88 bits per heavy atom. The third kappa shape index (κ3) is 7.03. The fourth-order valence-corrected chi connectivity index (χ4v) is 3.00. The molecule has 0 fully saturated rings. The molecule has 0 saturated carbocycles. The molecular formula is C21H33N3. The highest BCUT2D eigenvalue weighted by Gasteiger charge is 2.26. The highest BCUT2D eigenvalue weighted by molar-refractivity contribution is 5.75. The van der Waals surface area contributed by atoms with Gasteiger partial charge in [0.25, 0.3) is 0 Å². The third-order valence-electron chi connectivity index (χ3n) is 4.46. The second kappa shape index (κ2) is 9.31. The van der Waals surface area contributed by atoms with Gasteiger partial charge in [0.1, 0.15) is 0 Å². The first-order chi connectivity index (χ1) is 11.2. The Morgan fingerprint density at radius 3 is 2.50 bits per heavy atom. The zero-order chi connectivity index (χ0) is 18.2. The summed E-state index contributed by atoms with van der Waals surface area (Å²) in [6, 6.07) is 0. The van der Waals surface area contributed by atoms with Crippen LogP contribution < -0.4 is 11.5 Å². The Balaban J connectivity index is 2.70. The fourth-order valence-electron chi connectivity index (χ4n) is 3.00. The molecule has 24 heavy (non-hydrogen) atoms. The van der Waals surface area contributed by atoms with Crippen molar-refractivity contribution in [2.75, 3.05) is 6.54 Å². The van der Waals surface area contributed by atoms with Crippen molar-refractivity contribution in [3.05, 3.63) is 58.7 Å². The number of hydrogen-bond acceptors (Lipinski definition) is 1. The first kappa shape index (κ1) is 20.0. The van der Waals surface area contributed by atoms with E-state index in [1.807, 2.05) is 13.0 Å². The lowest BCUT2D eigenvalue weighted by atomic mass is 9.72. The molecule has 0 atom stereocenters.